The average molecular weight is 282 g/mol. The van der Waals surface area contributed by atoms with Gasteiger partial charge in [-0.3, -0.25) is 4.84 Å². The van der Waals surface area contributed by atoms with Gasteiger partial charge < -0.3 is 10.6 Å². The molecule has 0 atom stereocenters. The van der Waals surface area contributed by atoms with Gasteiger partial charge in [0.2, 0.25) is 11.9 Å². The molecule has 0 aromatic carbocycles. The van der Waals surface area contributed by atoms with Crippen LogP contribution in [0.15, 0.2) is 0 Å². The molecule has 0 fully saturated rings. The zero-order valence-electron chi connectivity index (χ0n) is 13.7. The number of nitrogens with zero attached hydrogens (tertiary/aromatic N) is 4. The van der Waals surface area contributed by atoms with Crippen LogP contribution < -0.4 is 15.7 Å². The summed E-state index contributed by atoms with van der Waals surface area (Å²) in [6.07, 6.45) is 0. The maximum atomic E-state index is 5.13. The highest BCUT2D eigenvalue weighted by Crippen LogP contribution is 2.18. The first-order valence-corrected chi connectivity index (χ1v) is 6.60. The van der Waals surface area contributed by atoms with E-state index in [2.05, 4.69) is 25.6 Å². The number of hydrogen-bond donors (Lipinski definition) is 2. The lowest BCUT2D eigenvalue weighted by Crippen LogP contribution is -2.31. The minimum absolute atomic E-state index is 0.136. The Balaban J connectivity index is 3.14. The Bertz CT molecular complexity index is 415. The lowest BCUT2D eigenvalue weighted by Gasteiger charge is -2.24. The maximum Gasteiger partial charge on any atom is 0.256 e. The van der Waals surface area contributed by atoms with Crippen LogP contribution in [0.25, 0.3) is 0 Å². The third-order valence-electron chi connectivity index (χ3n) is 2.15. The van der Waals surface area contributed by atoms with Gasteiger partial charge in [-0.15, -0.1) is 0 Å². The van der Waals surface area contributed by atoms with Crippen LogP contribution in [-0.2, 0) is 4.84 Å². The monoisotopic (exact) mass is 282 g/mol. The van der Waals surface area contributed by atoms with Crippen LogP contribution in [0.4, 0.5) is 17.8 Å². The Kier molecular flexibility index (Phi) is 4.75. The van der Waals surface area contributed by atoms with Crippen LogP contribution in [-0.4, -0.2) is 40.2 Å². The number of nitrogens with one attached hydrogen (secondary N) is 2. The molecule has 0 spiro atoms. The van der Waals surface area contributed by atoms with Gasteiger partial charge in [-0.25, -0.2) is 5.06 Å². The van der Waals surface area contributed by atoms with Crippen molar-refractivity contribution in [2.75, 3.05) is 29.9 Å². The van der Waals surface area contributed by atoms with Gasteiger partial charge in [-0.05, 0) is 41.5 Å². The average Bonchev–Trinajstić information content (AvgIpc) is 2.22. The summed E-state index contributed by atoms with van der Waals surface area (Å²) in [6.45, 7) is 12.3. The van der Waals surface area contributed by atoms with E-state index in [1.54, 1.807) is 14.2 Å². The zero-order chi connectivity index (χ0) is 15.6. The fraction of sp³-hybridized carbons (Fsp3) is 0.769. The first kappa shape index (κ1) is 16.4. The largest absolute Gasteiger partial charge is 0.349 e. The van der Waals surface area contributed by atoms with Gasteiger partial charge in [0.15, 0.2) is 0 Å². The molecule has 0 aliphatic heterocycles. The quantitative estimate of drug-likeness (QED) is 0.821. The molecule has 1 aromatic heterocycles. The Hall–Kier alpha value is -1.63. The molecule has 0 unspecified atom stereocenters. The summed E-state index contributed by atoms with van der Waals surface area (Å²) in [5, 5.41) is 7.97. The van der Waals surface area contributed by atoms with Crippen molar-refractivity contribution in [3.8, 4) is 0 Å². The Morgan fingerprint density at radius 3 is 1.55 bits per heavy atom. The van der Waals surface area contributed by atoms with Crippen molar-refractivity contribution in [3.63, 3.8) is 0 Å². The molecule has 0 amide bonds. The second kappa shape index (κ2) is 5.78. The highest BCUT2D eigenvalue weighted by atomic mass is 16.7. The van der Waals surface area contributed by atoms with Gasteiger partial charge in [-0.2, -0.15) is 15.0 Å². The minimum atomic E-state index is -0.136. The van der Waals surface area contributed by atoms with Gasteiger partial charge in [0.05, 0.1) is 7.11 Å². The number of hydroxylamine groups is 1. The van der Waals surface area contributed by atoms with Gasteiger partial charge in [0.1, 0.15) is 0 Å². The first-order valence-electron chi connectivity index (χ1n) is 6.60. The maximum absolute atomic E-state index is 5.13. The van der Waals surface area contributed by atoms with Crippen molar-refractivity contribution in [3.05, 3.63) is 0 Å². The van der Waals surface area contributed by atoms with Crippen molar-refractivity contribution in [2.45, 2.75) is 52.6 Å². The van der Waals surface area contributed by atoms with E-state index >= 15 is 0 Å². The molecule has 2 N–H and O–H groups in total. The van der Waals surface area contributed by atoms with E-state index in [1.807, 2.05) is 41.5 Å². The third-order valence-corrected chi connectivity index (χ3v) is 2.15. The molecule has 1 heterocycles. The fourth-order valence-corrected chi connectivity index (χ4v) is 1.37. The molecular weight excluding hydrogens is 256 g/mol. The van der Waals surface area contributed by atoms with E-state index in [1.165, 1.54) is 5.06 Å². The predicted molar refractivity (Wildman–Crippen MR) is 82.0 cm³/mol. The number of rotatable bonds is 4. The number of aromatic nitrogens is 3. The summed E-state index contributed by atoms with van der Waals surface area (Å²) in [7, 11) is 3.31. The Labute approximate surface area is 121 Å². The van der Waals surface area contributed by atoms with E-state index in [9.17, 15) is 0 Å². The molecule has 1 aromatic rings. The second-order valence-electron chi connectivity index (χ2n) is 6.71. The van der Waals surface area contributed by atoms with Crippen molar-refractivity contribution in [1.29, 1.82) is 0 Å². The zero-order valence-corrected chi connectivity index (χ0v) is 13.7. The van der Waals surface area contributed by atoms with Crippen molar-refractivity contribution < 1.29 is 4.84 Å². The van der Waals surface area contributed by atoms with Crippen molar-refractivity contribution in [2.24, 2.45) is 0 Å². The van der Waals surface area contributed by atoms with Crippen LogP contribution in [0.3, 0.4) is 0 Å². The normalized spacial score (nSPS) is 12.2. The van der Waals surface area contributed by atoms with Crippen molar-refractivity contribution >= 4 is 17.8 Å². The number of hydrogen-bond acceptors (Lipinski definition) is 7. The van der Waals surface area contributed by atoms with E-state index in [0.29, 0.717) is 17.8 Å². The van der Waals surface area contributed by atoms with Crippen LogP contribution >= 0.6 is 0 Å². The molecule has 20 heavy (non-hydrogen) atoms. The van der Waals surface area contributed by atoms with E-state index < -0.39 is 0 Å². The predicted octanol–water partition coefficient (Wildman–Crippen LogP) is 2.29. The molecule has 114 valence electrons. The lowest BCUT2D eigenvalue weighted by atomic mass is 10.1. The van der Waals surface area contributed by atoms with Crippen molar-refractivity contribution in [1.82, 2.24) is 15.0 Å². The summed E-state index contributed by atoms with van der Waals surface area (Å²) in [4.78, 5) is 18.2. The molecule has 7 nitrogen and oxygen atoms in total. The highest BCUT2D eigenvalue weighted by Gasteiger charge is 2.18. The molecule has 0 radical (unpaired) electrons. The van der Waals surface area contributed by atoms with Gasteiger partial charge in [-0.1, -0.05) is 0 Å². The molecule has 0 saturated carbocycles. The molecule has 7 heteroatoms. The van der Waals surface area contributed by atoms with Gasteiger partial charge >= 0.3 is 0 Å². The van der Waals surface area contributed by atoms with Crippen LogP contribution in [0, 0.1) is 0 Å². The molecule has 0 saturated heterocycles. The van der Waals surface area contributed by atoms with E-state index in [-0.39, 0.29) is 11.1 Å². The molecule has 0 aliphatic rings. The van der Waals surface area contributed by atoms with E-state index in [0.717, 1.165) is 0 Å². The minimum Gasteiger partial charge on any atom is -0.349 e. The first-order chi connectivity index (χ1) is 9.00. The fourth-order valence-electron chi connectivity index (χ4n) is 1.37. The highest BCUT2D eigenvalue weighted by molar-refractivity contribution is 5.44. The SMILES string of the molecule is CON(C)c1nc(NC(C)(C)C)nc(NC(C)(C)C)n1. The summed E-state index contributed by atoms with van der Waals surface area (Å²) < 4.78 is 0. The molecule has 0 bridgehead atoms. The topological polar surface area (TPSA) is 75.2 Å². The molecule has 1 rings (SSSR count). The number of anilines is 3. The smallest absolute Gasteiger partial charge is 0.256 e. The van der Waals surface area contributed by atoms with Gasteiger partial charge in [0, 0.05) is 18.1 Å². The lowest BCUT2D eigenvalue weighted by molar-refractivity contribution is 0.180. The van der Waals surface area contributed by atoms with Crippen LogP contribution in [0.5, 0.6) is 0 Å². The summed E-state index contributed by atoms with van der Waals surface area (Å²) >= 11 is 0. The second-order valence-corrected chi connectivity index (χ2v) is 6.71. The van der Waals surface area contributed by atoms with Gasteiger partial charge in [0.25, 0.3) is 5.95 Å². The third kappa shape index (κ3) is 5.56. The van der Waals surface area contributed by atoms with E-state index in [4.69, 9.17) is 4.84 Å². The standard InChI is InChI=1S/C13H26N6O/c1-12(2,3)17-9-14-10(18-13(4,5)6)16-11(15-9)19(7)20-8/h1-8H3,(H2,14,15,16,17,18). The Morgan fingerprint density at radius 2 is 1.25 bits per heavy atom. The Morgan fingerprint density at radius 1 is 0.850 bits per heavy atom. The molecule has 0 aliphatic carbocycles. The molecular formula is C13H26N6O. The van der Waals surface area contributed by atoms with Crippen LogP contribution in [0.1, 0.15) is 41.5 Å². The summed E-state index contributed by atoms with van der Waals surface area (Å²) in [5.74, 6) is 1.47. The van der Waals surface area contributed by atoms with Crippen LogP contribution in [0.2, 0.25) is 0 Å². The summed E-state index contributed by atoms with van der Waals surface area (Å²) in [6, 6.07) is 0. The summed E-state index contributed by atoms with van der Waals surface area (Å²) in [5.41, 5.74) is -0.271.